The van der Waals surface area contributed by atoms with Gasteiger partial charge < -0.3 is 10.8 Å². The van der Waals surface area contributed by atoms with Crippen molar-refractivity contribution in [2.24, 2.45) is 5.73 Å². The zero-order valence-electron chi connectivity index (χ0n) is 6.68. The normalized spacial score (nSPS) is 42.0. The van der Waals surface area contributed by atoms with Gasteiger partial charge in [-0.2, -0.15) is 11.8 Å². The highest BCUT2D eigenvalue weighted by Gasteiger charge is 2.55. The average molecular weight is 173 g/mol. The third kappa shape index (κ3) is 1.19. The van der Waals surface area contributed by atoms with Crippen LogP contribution in [0, 0.1) is 0 Å². The fourth-order valence-electron chi connectivity index (χ4n) is 1.77. The Morgan fingerprint density at radius 2 is 2.00 bits per heavy atom. The highest BCUT2D eigenvalue weighted by Crippen LogP contribution is 2.47. The molecule has 2 fully saturated rings. The summed E-state index contributed by atoms with van der Waals surface area (Å²) in [6.07, 6.45) is 4.07. The minimum Gasteiger partial charge on any atom is -0.387 e. The Morgan fingerprint density at radius 3 is 2.45 bits per heavy atom. The summed E-state index contributed by atoms with van der Waals surface area (Å²) < 4.78 is 0. The number of rotatable bonds is 1. The van der Waals surface area contributed by atoms with Crippen LogP contribution in [-0.2, 0) is 0 Å². The highest BCUT2D eigenvalue weighted by molar-refractivity contribution is 7.99. The van der Waals surface area contributed by atoms with Gasteiger partial charge in [-0.25, -0.2) is 0 Å². The molecule has 0 spiro atoms. The third-order valence-electron chi connectivity index (χ3n) is 2.94. The van der Waals surface area contributed by atoms with Crippen LogP contribution in [0.15, 0.2) is 0 Å². The molecule has 2 nitrogen and oxygen atoms in total. The molecule has 1 saturated carbocycles. The summed E-state index contributed by atoms with van der Waals surface area (Å²) in [4.78, 5) is 0. The molecule has 64 valence electrons. The Bertz CT molecular complexity index is 161. The van der Waals surface area contributed by atoms with Crippen LogP contribution < -0.4 is 5.73 Å². The van der Waals surface area contributed by atoms with E-state index in [2.05, 4.69) is 0 Å². The molecule has 2 rings (SSSR count). The van der Waals surface area contributed by atoms with Crippen LogP contribution in [0.2, 0.25) is 0 Å². The minimum atomic E-state index is -0.532. The predicted octanol–water partition coefficient (Wildman–Crippen LogP) is 0.736. The Labute approximate surface area is 71.5 Å². The molecule has 0 aromatic heterocycles. The summed E-state index contributed by atoms with van der Waals surface area (Å²) in [5, 5.41) is 10.1. The fraction of sp³-hybridized carbons (Fsp3) is 1.00. The molecule has 0 aromatic carbocycles. The summed E-state index contributed by atoms with van der Waals surface area (Å²) in [6.45, 7) is 0. The van der Waals surface area contributed by atoms with Gasteiger partial charge in [0.15, 0.2) is 0 Å². The van der Waals surface area contributed by atoms with Crippen molar-refractivity contribution < 1.29 is 5.11 Å². The van der Waals surface area contributed by atoms with E-state index in [1.165, 1.54) is 5.75 Å². The Morgan fingerprint density at radius 1 is 1.27 bits per heavy atom. The van der Waals surface area contributed by atoms with Crippen molar-refractivity contribution in [3.05, 3.63) is 0 Å². The van der Waals surface area contributed by atoms with Crippen molar-refractivity contribution in [2.75, 3.05) is 11.5 Å². The lowest BCUT2D eigenvalue weighted by Crippen LogP contribution is -2.53. The fourth-order valence-corrected chi connectivity index (χ4v) is 3.03. The Hall–Kier alpha value is 0.270. The van der Waals surface area contributed by atoms with Crippen LogP contribution in [0.4, 0.5) is 0 Å². The van der Waals surface area contributed by atoms with Crippen molar-refractivity contribution in [1.29, 1.82) is 0 Å². The molecule has 1 heterocycles. The van der Waals surface area contributed by atoms with Gasteiger partial charge in [0.1, 0.15) is 0 Å². The van der Waals surface area contributed by atoms with Crippen molar-refractivity contribution in [2.45, 2.75) is 36.8 Å². The summed E-state index contributed by atoms with van der Waals surface area (Å²) in [5.74, 6) is 2.04. The second kappa shape index (κ2) is 2.38. The molecule has 2 aliphatic rings. The first kappa shape index (κ1) is 7.90. The molecule has 1 atom stereocenters. The maximum absolute atomic E-state index is 10.1. The van der Waals surface area contributed by atoms with Gasteiger partial charge in [0.05, 0.1) is 5.60 Å². The molecule has 0 amide bonds. The third-order valence-corrected chi connectivity index (χ3v) is 4.19. The summed E-state index contributed by atoms with van der Waals surface area (Å²) in [5.41, 5.74) is 5.25. The van der Waals surface area contributed by atoms with Gasteiger partial charge in [0.2, 0.25) is 0 Å². The molecular formula is C8H15NOS. The molecule has 3 N–H and O–H groups in total. The van der Waals surface area contributed by atoms with Gasteiger partial charge >= 0.3 is 0 Å². The summed E-state index contributed by atoms with van der Waals surface area (Å²) in [7, 11) is 0. The van der Waals surface area contributed by atoms with Crippen molar-refractivity contribution in [3.8, 4) is 0 Å². The van der Waals surface area contributed by atoms with Crippen LogP contribution >= 0.6 is 11.8 Å². The molecule has 1 aliphatic carbocycles. The van der Waals surface area contributed by atoms with Gasteiger partial charge in [0.25, 0.3) is 0 Å². The lowest BCUT2D eigenvalue weighted by atomic mass is 9.89. The van der Waals surface area contributed by atoms with E-state index in [1.54, 1.807) is 0 Å². The van der Waals surface area contributed by atoms with Crippen molar-refractivity contribution in [3.63, 3.8) is 0 Å². The first-order valence-electron chi connectivity index (χ1n) is 4.25. The maximum atomic E-state index is 10.1. The van der Waals surface area contributed by atoms with Crippen LogP contribution in [0.3, 0.4) is 0 Å². The number of hydrogen-bond acceptors (Lipinski definition) is 3. The summed E-state index contributed by atoms with van der Waals surface area (Å²) >= 11 is 1.84. The van der Waals surface area contributed by atoms with Gasteiger partial charge in [-0.15, -0.1) is 0 Å². The second-order valence-electron chi connectivity index (χ2n) is 3.84. The Kier molecular flexibility index (Phi) is 1.71. The van der Waals surface area contributed by atoms with E-state index in [4.69, 9.17) is 5.73 Å². The standard InChI is InChI=1S/C8H15NOS/c9-7(3-4-7)8(10)2-1-5-11-6-8/h10H,1-6,9H2. The first-order valence-corrected chi connectivity index (χ1v) is 5.41. The van der Waals surface area contributed by atoms with E-state index >= 15 is 0 Å². The van der Waals surface area contributed by atoms with Gasteiger partial charge in [-0.3, -0.25) is 0 Å². The lowest BCUT2D eigenvalue weighted by molar-refractivity contribution is 0.0159. The van der Waals surface area contributed by atoms with E-state index in [0.29, 0.717) is 0 Å². The number of nitrogens with two attached hydrogens (primary N) is 1. The lowest BCUT2D eigenvalue weighted by Gasteiger charge is -2.37. The number of thioether (sulfide) groups is 1. The molecule has 0 radical (unpaired) electrons. The van der Waals surface area contributed by atoms with E-state index in [1.807, 2.05) is 11.8 Å². The van der Waals surface area contributed by atoms with Crippen LogP contribution in [0.5, 0.6) is 0 Å². The quantitative estimate of drug-likeness (QED) is 0.614. The summed E-state index contributed by atoms with van der Waals surface area (Å²) in [6, 6.07) is 0. The maximum Gasteiger partial charge on any atom is 0.0916 e. The van der Waals surface area contributed by atoms with E-state index in [0.717, 1.165) is 31.4 Å². The van der Waals surface area contributed by atoms with E-state index < -0.39 is 5.60 Å². The molecule has 1 unspecified atom stereocenters. The molecule has 11 heavy (non-hydrogen) atoms. The molecule has 1 saturated heterocycles. The first-order chi connectivity index (χ1) is 5.16. The van der Waals surface area contributed by atoms with Crippen molar-refractivity contribution >= 4 is 11.8 Å². The highest BCUT2D eigenvalue weighted by atomic mass is 32.2. The van der Waals surface area contributed by atoms with Crippen LogP contribution in [0.1, 0.15) is 25.7 Å². The van der Waals surface area contributed by atoms with Crippen LogP contribution in [-0.4, -0.2) is 27.8 Å². The van der Waals surface area contributed by atoms with Crippen LogP contribution in [0.25, 0.3) is 0 Å². The topological polar surface area (TPSA) is 46.2 Å². The smallest absolute Gasteiger partial charge is 0.0916 e. The number of aliphatic hydroxyl groups is 1. The average Bonchev–Trinajstić information content (AvgIpc) is 2.71. The molecule has 0 aromatic rings. The second-order valence-corrected chi connectivity index (χ2v) is 4.95. The Balaban J connectivity index is 2.07. The number of hydrogen-bond donors (Lipinski definition) is 2. The molecule has 3 heteroatoms. The monoisotopic (exact) mass is 173 g/mol. The largest absolute Gasteiger partial charge is 0.387 e. The van der Waals surface area contributed by atoms with Gasteiger partial charge in [-0.1, -0.05) is 0 Å². The zero-order chi connectivity index (χ0) is 7.95. The minimum absolute atomic E-state index is 0.208. The molecule has 1 aliphatic heterocycles. The zero-order valence-corrected chi connectivity index (χ0v) is 7.49. The van der Waals surface area contributed by atoms with Crippen molar-refractivity contribution in [1.82, 2.24) is 0 Å². The van der Waals surface area contributed by atoms with E-state index in [-0.39, 0.29) is 5.54 Å². The predicted molar refractivity (Wildman–Crippen MR) is 47.7 cm³/mol. The van der Waals surface area contributed by atoms with Gasteiger partial charge in [-0.05, 0) is 31.4 Å². The SMILES string of the molecule is NC1(C2(O)CCCSC2)CC1. The van der Waals surface area contributed by atoms with Gasteiger partial charge in [0, 0.05) is 11.3 Å². The van der Waals surface area contributed by atoms with E-state index in [9.17, 15) is 5.11 Å². The molecule has 0 bridgehead atoms. The molecular weight excluding hydrogens is 158 g/mol.